The van der Waals surface area contributed by atoms with Crippen molar-refractivity contribution in [3.05, 3.63) is 39.3 Å². The van der Waals surface area contributed by atoms with Crippen molar-refractivity contribution in [3.63, 3.8) is 0 Å². The molecule has 0 saturated carbocycles. The van der Waals surface area contributed by atoms with Gasteiger partial charge < -0.3 is 0 Å². The lowest BCUT2D eigenvalue weighted by atomic mass is 10.4. The van der Waals surface area contributed by atoms with E-state index in [9.17, 15) is 4.79 Å². The van der Waals surface area contributed by atoms with Crippen LogP contribution in [-0.4, -0.2) is 11.3 Å². The second kappa shape index (κ2) is 5.19. The van der Waals surface area contributed by atoms with Crippen LogP contribution >= 0.6 is 46.3 Å². The third kappa shape index (κ3) is 2.77. The number of carbonyl (C=O) groups excluding carboxylic acids is 1. The molecule has 0 aliphatic rings. The highest BCUT2D eigenvalue weighted by molar-refractivity contribution is 8.01. The van der Waals surface area contributed by atoms with Crippen molar-refractivity contribution >= 4 is 52.6 Å². The predicted molar refractivity (Wildman–Crippen MR) is 68.1 cm³/mol. The molecule has 0 fully saturated rings. The first kappa shape index (κ1) is 11.9. The van der Waals surface area contributed by atoms with Gasteiger partial charge in [0.05, 0.1) is 0 Å². The second-order valence-corrected chi connectivity index (χ2v) is 5.95. The van der Waals surface area contributed by atoms with E-state index in [4.69, 9.17) is 23.2 Å². The number of thiazole rings is 1. The topological polar surface area (TPSA) is 30.0 Å². The molecule has 82 valence electrons. The van der Waals surface area contributed by atoms with E-state index in [-0.39, 0.29) is 5.15 Å². The Morgan fingerprint density at radius 1 is 1.25 bits per heavy atom. The number of halogens is 2. The summed E-state index contributed by atoms with van der Waals surface area (Å²) in [6.45, 7) is 0. The van der Waals surface area contributed by atoms with Crippen LogP contribution in [0.15, 0.2) is 33.5 Å². The van der Waals surface area contributed by atoms with Gasteiger partial charge in [0.15, 0.2) is 15.8 Å². The molecule has 0 saturated heterocycles. The van der Waals surface area contributed by atoms with Gasteiger partial charge in [-0.05, 0) is 24.3 Å². The summed E-state index contributed by atoms with van der Waals surface area (Å²) in [5.41, 5.74) is 0. The molecule has 2 aromatic rings. The van der Waals surface area contributed by atoms with E-state index in [1.54, 1.807) is 12.1 Å². The summed E-state index contributed by atoms with van der Waals surface area (Å²) in [6, 6.07) is 7.39. The molecule has 0 aliphatic heterocycles. The number of aromatic nitrogens is 1. The predicted octanol–water partition coefficient (Wildman–Crippen LogP) is 4.41. The maximum atomic E-state index is 10.6. The summed E-state index contributed by atoms with van der Waals surface area (Å²) in [6.07, 6.45) is 0.714. The molecule has 16 heavy (non-hydrogen) atoms. The maximum Gasteiger partial charge on any atom is 0.163 e. The average Bonchev–Trinajstić information content (AvgIpc) is 2.62. The third-order valence-electron chi connectivity index (χ3n) is 1.72. The Hall–Kier alpha value is -0.550. The zero-order valence-corrected chi connectivity index (χ0v) is 11.0. The fourth-order valence-corrected chi connectivity index (χ4v) is 3.32. The first-order chi connectivity index (χ1) is 7.69. The van der Waals surface area contributed by atoms with Crippen LogP contribution in [0.1, 0.15) is 9.67 Å². The fourth-order valence-electron chi connectivity index (χ4n) is 1.01. The summed E-state index contributed by atoms with van der Waals surface area (Å²) < 4.78 is 0.745. The molecule has 0 atom stereocenters. The molecule has 0 aliphatic carbocycles. The highest BCUT2D eigenvalue weighted by Gasteiger charge is 2.09. The fraction of sp³-hybridized carbons (Fsp3) is 0. The Kier molecular flexibility index (Phi) is 3.86. The standard InChI is InChI=1S/C10H5Cl2NOS2/c11-6-1-3-7(4-2-6)15-10-13-9(12)8(5-14)16-10/h1-5H. The number of nitrogens with zero attached hydrogens (tertiary/aromatic N) is 1. The molecule has 1 heterocycles. The van der Waals surface area contributed by atoms with Gasteiger partial charge in [0.2, 0.25) is 0 Å². The molecule has 1 aromatic carbocycles. The molecule has 6 heteroatoms. The quantitative estimate of drug-likeness (QED) is 0.784. The smallest absolute Gasteiger partial charge is 0.163 e. The highest BCUT2D eigenvalue weighted by Crippen LogP contribution is 2.34. The van der Waals surface area contributed by atoms with Crippen molar-refractivity contribution < 1.29 is 4.79 Å². The SMILES string of the molecule is O=Cc1sc(Sc2ccc(Cl)cc2)nc1Cl. The molecular formula is C10H5Cl2NOS2. The first-order valence-corrected chi connectivity index (χ1v) is 6.63. The zero-order valence-electron chi connectivity index (χ0n) is 7.81. The molecule has 2 rings (SSSR count). The molecule has 0 N–H and O–H groups in total. The van der Waals surface area contributed by atoms with Gasteiger partial charge in [-0.1, -0.05) is 35.0 Å². The summed E-state index contributed by atoms with van der Waals surface area (Å²) in [7, 11) is 0. The number of rotatable bonds is 3. The largest absolute Gasteiger partial charge is 0.297 e. The number of hydrogen-bond acceptors (Lipinski definition) is 4. The van der Waals surface area contributed by atoms with Crippen LogP contribution in [0.4, 0.5) is 0 Å². The molecule has 2 nitrogen and oxygen atoms in total. The second-order valence-electron chi connectivity index (χ2n) is 2.81. The van der Waals surface area contributed by atoms with Crippen LogP contribution in [0, 0.1) is 0 Å². The van der Waals surface area contributed by atoms with E-state index >= 15 is 0 Å². The Morgan fingerprint density at radius 3 is 2.50 bits per heavy atom. The van der Waals surface area contributed by atoms with Gasteiger partial charge in [-0.25, -0.2) is 4.98 Å². The summed E-state index contributed by atoms with van der Waals surface area (Å²) in [4.78, 5) is 16.1. The van der Waals surface area contributed by atoms with Crippen molar-refractivity contribution in [3.8, 4) is 0 Å². The Bertz CT molecular complexity index is 510. The summed E-state index contributed by atoms with van der Waals surface area (Å²) in [5, 5.41) is 0.951. The van der Waals surface area contributed by atoms with Crippen molar-refractivity contribution in [2.24, 2.45) is 0 Å². The number of aldehydes is 1. The zero-order chi connectivity index (χ0) is 11.5. The first-order valence-electron chi connectivity index (χ1n) is 4.24. The van der Waals surface area contributed by atoms with E-state index < -0.39 is 0 Å². The van der Waals surface area contributed by atoms with Gasteiger partial charge in [0.25, 0.3) is 0 Å². The van der Waals surface area contributed by atoms with Gasteiger partial charge in [0.1, 0.15) is 4.88 Å². The van der Waals surface area contributed by atoms with Crippen molar-refractivity contribution in [1.29, 1.82) is 0 Å². The lowest BCUT2D eigenvalue weighted by molar-refractivity contribution is 0.112. The van der Waals surface area contributed by atoms with Crippen molar-refractivity contribution in [2.75, 3.05) is 0 Å². The minimum absolute atomic E-state index is 0.261. The number of hydrogen-bond donors (Lipinski definition) is 0. The lowest BCUT2D eigenvalue weighted by Gasteiger charge is -1.96. The van der Waals surface area contributed by atoms with E-state index in [0.717, 1.165) is 9.24 Å². The van der Waals surface area contributed by atoms with E-state index in [0.29, 0.717) is 16.2 Å². The summed E-state index contributed by atoms with van der Waals surface area (Å²) in [5.74, 6) is 0. The minimum atomic E-state index is 0.261. The van der Waals surface area contributed by atoms with Crippen LogP contribution in [0.5, 0.6) is 0 Å². The normalized spacial score (nSPS) is 10.4. The van der Waals surface area contributed by atoms with Gasteiger partial charge in [0, 0.05) is 9.92 Å². The Labute approximate surface area is 111 Å². The molecule has 0 unspecified atom stereocenters. The van der Waals surface area contributed by atoms with E-state index in [2.05, 4.69) is 4.98 Å². The van der Waals surface area contributed by atoms with Gasteiger partial charge in [-0.3, -0.25) is 4.79 Å². The van der Waals surface area contributed by atoms with E-state index in [1.165, 1.54) is 23.1 Å². The lowest BCUT2D eigenvalue weighted by Crippen LogP contribution is -1.72. The van der Waals surface area contributed by atoms with Gasteiger partial charge in [-0.15, -0.1) is 11.3 Å². The monoisotopic (exact) mass is 289 g/mol. The van der Waals surface area contributed by atoms with Crippen molar-refractivity contribution in [2.45, 2.75) is 9.24 Å². The highest BCUT2D eigenvalue weighted by atomic mass is 35.5. The third-order valence-corrected chi connectivity index (χ3v) is 4.42. The molecule has 0 bridgehead atoms. The van der Waals surface area contributed by atoms with Crippen LogP contribution < -0.4 is 0 Å². The summed E-state index contributed by atoms with van der Waals surface area (Å²) >= 11 is 14.3. The number of benzene rings is 1. The molecule has 1 aromatic heterocycles. The molecule has 0 radical (unpaired) electrons. The van der Waals surface area contributed by atoms with Crippen LogP contribution in [0.3, 0.4) is 0 Å². The maximum absolute atomic E-state index is 10.6. The van der Waals surface area contributed by atoms with Crippen LogP contribution in [-0.2, 0) is 0 Å². The Balaban J connectivity index is 2.20. The van der Waals surface area contributed by atoms with Gasteiger partial charge >= 0.3 is 0 Å². The molecule has 0 amide bonds. The van der Waals surface area contributed by atoms with Crippen molar-refractivity contribution in [1.82, 2.24) is 4.98 Å². The van der Waals surface area contributed by atoms with Crippen LogP contribution in [0.2, 0.25) is 10.2 Å². The van der Waals surface area contributed by atoms with Crippen LogP contribution in [0.25, 0.3) is 0 Å². The Morgan fingerprint density at radius 2 is 1.94 bits per heavy atom. The average molecular weight is 290 g/mol. The minimum Gasteiger partial charge on any atom is -0.297 e. The number of carbonyl (C=O) groups is 1. The van der Waals surface area contributed by atoms with Gasteiger partial charge in [-0.2, -0.15) is 0 Å². The molecule has 0 spiro atoms. The van der Waals surface area contributed by atoms with E-state index in [1.807, 2.05) is 12.1 Å². The molecular weight excluding hydrogens is 285 g/mol.